The third-order valence-electron chi connectivity index (χ3n) is 4.16. The summed E-state index contributed by atoms with van der Waals surface area (Å²) in [6, 6.07) is 14.0. The van der Waals surface area contributed by atoms with E-state index in [4.69, 9.17) is 0 Å². The fraction of sp³-hybridized carbons (Fsp3) is 0.0556. The summed E-state index contributed by atoms with van der Waals surface area (Å²) < 4.78 is 3.76. The summed E-state index contributed by atoms with van der Waals surface area (Å²) in [6.07, 6.45) is 7.02. The van der Waals surface area contributed by atoms with Crippen molar-refractivity contribution in [1.29, 1.82) is 0 Å². The van der Waals surface area contributed by atoms with Gasteiger partial charge in [0.2, 0.25) is 0 Å². The maximum absolute atomic E-state index is 4.59. The van der Waals surface area contributed by atoms with Gasteiger partial charge in [0.1, 0.15) is 6.33 Å². The van der Waals surface area contributed by atoms with Gasteiger partial charge in [0, 0.05) is 18.0 Å². The number of nitrogens with zero attached hydrogens (tertiary/aromatic N) is 7. The van der Waals surface area contributed by atoms with Gasteiger partial charge in [-0.1, -0.05) is 30.3 Å². The van der Waals surface area contributed by atoms with Crippen LogP contribution in [-0.2, 0) is 6.54 Å². The molecule has 0 aliphatic rings. The molecule has 0 saturated carbocycles. The van der Waals surface area contributed by atoms with Gasteiger partial charge >= 0.3 is 0 Å². The lowest BCUT2D eigenvalue weighted by atomic mass is 10.2. The predicted octanol–water partition coefficient (Wildman–Crippen LogP) is 2.58. The first-order valence-corrected chi connectivity index (χ1v) is 7.90. The molecule has 0 fully saturated rings. The molecule has 0 unspecified atom stereocenters. The van der Waals surface area contributed by atoms with E-state index in [2.05, 4.69) is 37.4 Å². The van der Waals surface area contributed by atoms with E-state index < -0.39 is 0 Å². The van der Waals surface area contributed by atoms with Gasteiger partial charge in [-0.05, 0) is 17.7 Å². The van der Waals surface area contributed by atoms with Crippen molar-refractivity contribution >= 4 is 16.7 Å². The largest absolute Gasteiger partial charge is 0.265 e. The molecule has 4 aromatic heterocycles. The number of hydrogen-bond donors (Lipinski definition) is 0. The van der Waals surface area contributed by atoms with E-state index in [9.17, 15) is 0 Å². The minimum atomic E-state index is 0.666. The molecule has 1 aromatic carbocycles. The lowest BCUT2D eigenvalue weighted by Crippen LogP contribution is -2.03. The monoisotopic (exact) mass is 327 g/mol. The summed E-state index contributed by atoms with van der Waals surface area (Å²) in [5, 5.41) is 14.0. The lowest BCUT2D eigenvalue weighted by Gasteiger charge is -2.04. The second kappa shape index (κ2) is 5.48. The Morgan fingerprint density at radius 2 is 1.72 bits per heavy atom. The molecule has 25 heavy (non-hydrogen) atoms. The Kier molecular flexibility index (Phi) is 3.03. The molecule has 0 amide bonds. The van der Waals surface area contributed by atoms with E-state index in [1.54, 1.807) is 24.9 Å². The van der Waals surface area contributed by atoms with Crippen LogP contribution in [-0.4, -0.2) is 34.3 Å². The van der Waals surface area contributed by atoms with Crippen molar-refractivity contribution in [2.75, 3.05) is 0 Å². The molecule has 4 heterocycles. The average Bonchev–Trinajstić information content (AvgIpc) is 3.27. The number of hydrogen-bond acceptors (Lipinski definition) is 5. The smallest absolute Gasteiger partial charge is 0.175 e. The SMILES string of the molecule is c1ccc(Cn2ncc3c2ncn2c(-c4ccncc4)nnc32)cc1. The zero-order chi connectivity index (χ0) is 16.6. The van der Waals surface area contributed by atoms with Gasteiger partial charge in [-0.25, -0.2) is 9.67 Å². The van der Waals surface area contributed by atoms with E-state index in [-0.39, 0.29) is 0 Å². The number of pyridine rings is 1. The Balaban J connectivity index is 1.64. The average molecular weight is 327 g/mol. The predicted molar refractivity (Wildman–Crippen MR) is 92.8 cm³/mol. The normalized spacial score (nSPS) is 11.4. The van der Waals surface area contributed by atoms with Crippen molar-refractivity contribution < 1.29 is 0 Å². The molecular weight excluding hydrogens is 314 g/mol. The van der Waals surface area contributed by atoms with E-state index in [1.165, 1.54) is 5.56 Å². The molecule has 0 spiro atoms. The molecule has 0 N–H and O–H groups in total. The first-order valence-electron chi connectivity index (χ1n) is 7.90. The summed E-state index contributed by atoms with van der Waals surface area (Å²) >= 11 is 0. The summed E-state index contributed by atoms with van der Waals surface area (Å²) in [4.78, 5) is 8.63. The fourth-order valence-corrected chi connectivity index (χ4v) is 2.94. The molecule has 0 radical (unpaired) electrons. The maximum Gasteiger partial charge on any atom is 0.175 e. The van der Waals surface area contributed by atoms with Gasteiger partial charge in [0.05, 0.1) is 18.1 Å². The Labute approximate surface area is 142 Å². The third-order valence-corrected chi connectivity index (χ3v) is 4.16. The third kappa shape index (κ3) is 2.25. The van der Waals surface area contributed by atoms with Crippen molar-refractivity contribution in [3.8, 4) is 11.4 Å². The van der Waals surface area contributed by atoms with Crippen LogP contribution < -0.4 is 0 Å². The molecule has 0 aliphatic heterocycles. The molecular formula is C18H13N7. The van der Waals surface area contributed by atoms with Gasteiger partial charge in [-0.3, -0.25) is 9.38 Å². The first-order chi connectivity index (χ1) is 12.4. The van der Waals surface area contributed by atoms with E-state index in [0.29, 0.717) is 6.54 Å². The van der Waals surface area contributed by atoms with Crippen LogP contribution in [0, 0.1) is 0 Å². The summed E-state index contributed by atoms with van der Waals surface area (Å²) in [6.45, 7) is 0.666. The zero-order valence-corrected chi connectivity index (χ0v) is 13.2. The minimum Gasteiger partial charge on any atom is -0.265 e. The van der Waals surface area contributed by atoms with Crippen LogP contribution in [0.3, 0.4) is 0 Å². The Morgan fingerprint density at radius 1 is 0.880 bits per heavy atom. The molecule has 0 atom stereocenters. The second-order valence-corrected chi connectivity index (χ2v) is 5.72. The molecule has 0 aliphatic carbocycles. The van der Waals surface area contributed by atoms with E-state index in [1.807, 2.05) is 39.4 Å². The number of aromatic nitrogens is 7. The molecule has 0 bridgehead atoms. The molecule has 7 nitrogen and oxygen atoms in total. The Hall–Kier alpha value is -3.61. The van der Waals surface area contributed by atoms with Gasteiger partial charge in [0.25, 0.3) is 0 Å². The quantitative estimate of drug-likeness (QED) is 0.509. The van der Waals surface area contributed by atoms with E-state index in [0.717, 1.165) is 28.1 Å². The van der Waals surface area contributed by atoms with Crippen LogP contribution in [0.5, 0.6) is 0 Å². The van der Waals surface area contributed by atoms with Crippen molar-refractivity contribution in [3.63, 3.8) is 0 Å². The van der Waals surface area contributed by atoms with Gasteiger partial charge in [-0.2, -0.15) is 5.10 Å². The van der Waals surface area contributed by atoms with Crippen LogP contribution >= 0.6 is 0 Å². The molecule has 120 valence electrons. The maximum atomic E-state index is 4.59. The molecule has 5 aromatic rings. The summed E-state index contributed by atoms with van der Waals surface area (Å²) in [7, 11) is 0. The van der Waals surface area contributed by atoms with E-state index >= 15 is 0 Å². The lowest BCUT2D eigenvalue weighted by molar-refractivity contribution is 0.703. The number of rotatable bonds is 3. The molecule has 7 heteroatoms. The zero-order valence-electron chi connectivity index (χ0n) is 13.2. The van der Waals surface area contributed by atoms with Crippen LogP contribution in [0.2, 0.25) is 0 Å². The van der Waals surface area contributed by atoms with Crippen LogP contribution in [0.4, 0.5) is 0 Å². The highest BCUT2D eigenvalue weighted by molar-refractivity contribution is 5.89. The van der Waals surface area contributed by atoms with Crippen molar-refractivity contribution in [2.24, 2.45) is 0 Å². The fourth-order valence-electron chi connectivity index (χ4n) is 2.94. The topological polar surface area (TPSA) is 73.8 Å². The standard InChI is InChI=1S/C18H13N7/c1-2-4-13(5-3-1)11-25-17-15(10-21-25)18-23-22-16(24(18)12-20-17)14-6-8-19-9-7-14/h1-10,12H,11H2. The second-order valence-electron chi connectivity index (χ2n) is 5.72. The van der Waals surface area contributed by atoms with Gasteiger partial charge in [0.15, 0.2) is 17.1 Å². The highest BCUT2D eigenvalue weighted by Crippen LogP contribution is 2.22. The minimum absolute atomic E-state index is 0.666. The van der Waals surface area contributed by atoms with Crippen molar-refractivity contribution in [2.45, 2.75) is 6.54 Å². The Bertz CT molecular complexity index is 1160. The van der Waals surface area contributed by atoms with Crippen molar-refractivity contribution in [1.82, 2.24) is 34.3 Å². The van der Waals surface area contributed by atoms with Crippen LogP contribution in [0.25, 0.3) is 28.1 Å². The van der Waals surface area contributed by atoms with Gasteiger partial charge in [-0.15, -0.1) is 10.2 Å². The number of benzene rings is 1. The first kappa shape index (κ1) is 13.8. The number of fused-ring (bicyclic) bond motifs is 3. The van der Waals surface area contributed by atoms with Crippen LogP contribution in [0.15, 0.2) is 67.4 Å². The Morgan fingerprint density at radius 3 is 2.56 bits per heavy atom. The molecule has 5 rings (SSSR count). The van der Waals surface area contributed by atoms with Gasteiger partial charge < -0.3 is 0 Å². The summed E-state index contributed by atoms with van der Waals surface area (Å²) in [5.41, 5.74) is 3.66. The van der Waals surface area contributed by atoms with Crippen LogP contribution in [0.1, 0.15) is 5.56 Å². The van der Waals surface area contributed by atoms with Crippen molar-refractivity contribution in [3.05, 3.63) is 72.9 Å². The highest BCUT2D eigenvalue weighted by Gasteiger charge is 2.14. The summed E-state index contributed by atoms with van der Waals surface area (Å²) in [5.74, 6) is 0.739. The molecule has 0 saturated heterocycles. The highest BCUT2D eigenvalue weighted by atomic mass is 15.3.